The fraction of sp³-hybridized carbons (Fsp3) is 0.421. The van der Waals surface area contributed by atoms with Crippen LogP contribution in [0.1, 0.15) is 24.5 Å². The summed E-state index contributed by atoms with van der Waals surface area (Å²) in [6, 6.07) is 3.65. The second-order valence-electron chi connectivity index (χ2n) is 7.57. The molecule has 3 amide bonds. The average Bonchev–Trinajstić information content (AvgIpc) is 2.98. The zero-order valence-electron chi connectivity index (χ0n) is 15.9. The summed E-state index contributed by atoms with van der Waals surface area (Å²) in [6.45, 7) is -0.451. The lowest BCUT2D eigenvalue weighted by Crippen LogP contribution is -2.45. The third-order valence-electron chi connectivity index (χ3n) is 6.10. The number of carbonyl (C=O) groups is 3. The third-order valence-corrected chi connectivity index (χ3v) is 6.10. The Morgan fingerprint density at radius 2 is 2.07 bits per heavy atom. The molecule has 2 saturated heterocycles. The number of phenols is 1. The number of imide groups is 3. The van der Waals surface area contributed by atoms with Gasteiger partial charge in [-0.25, -0.2) is 9.18 Å². The van der Waals surface area contributed by atoms with Crippen LogP contribution in [-0.2, 0) is 19.0 Å². The van der Waals surface area contributed by atoms with Crippen molar-refractivity contribution in [2.45, 2.75) is 18.9 Å². The van der Waals surface area contributed by atoms with Crippen molar-refractivity contribution in [3.05, 3.63) is 40.6 Å². The number of nitrogens with zero attached hydrogens (tertiary/aromatic N) is 1. The van der Waals surface area contributed by atoms with Crippen molar-refractivity contribution in [3.63, 3.8) is 0 Å². The second kappa shape index (κ2) is 7.49. The lowest BCUT2D eigenvalue weighted by atomic mass is 9.55. The highest BCUT2D eigenvalue weighted by Crippen LogP contribution is 2.51. The van der Waals surface area contributed by atoms with Crippen molar-refractivity contribution >= 4 is 25.0 Å². The minimum Gasteiger partial charge on any atom is -0.505 e. The van der Waals surface area contributed by atoms with Gasteiger partial charge < -0.3 is 24.6 Å². The summed E-state index contributed by atoms with van der Waals surface area (Å²) < 4.78 is 24.0. The number of phenolic OH excluding ortho intramolecular Hbond substituents is 1. The SMILES string of the molecule is COC(=O)N1C(=O)[C@H]2[C@H](CC(CO)=C3B(O)O[C@H](c4ccc(O)c(F)c4)C[C@H]32)C1=O. The molecule has 4 rings (SSSR count). The van der Waals surface area contributed by atoms with Gasteiger partial charge in [0.25, 0.3) is 0 Å². The molecule has 9 nitrogen and oxygen atoms in total. The van der Waals surface area contributed by atoms with Crippen LogP contribution in [0.25, 0.3) is 0 Å². The predicted octanol–water partition coefficient (Wildman–Crippen LogP) is 0.689. The molecular formula is C19H19BFNO8. The summed E-state index contributed by atoms with van der Waals surface area (Å²) in [7, 11) is -0.426. The zero-order valence-corrected chi connectivity index (χ0v) is 15.9. The molecule has 2 fully saturated rings. The van der Waals surface area contributed by atoms with Crippen LogP contribution in [0, 0.1) is 23.6 Å². The average molecular weight is 419 g/mol. The second-order valence-corrected chi connectivity index (χ2v) is 7.57. The first-order chi connectivity index (χ1) is 14.3. The number of halogens is 1. The van der Waals surface area contributed by atoms with Crippen LogP contribution in [0.2, 0.25) is 0 Å². The molecule has 0 bridgehead atoms. The molecule has 1 aromatic rings. The Bertz CT molecular complexity index is 966. The van der Waals surface area contributed by atoms with Gasteiger partial charge >= 0.3 is 13.2 Å². The van der Waals surface area contributed by atoms with Gasteiger partial charge in [-0.15, -0.1) is 0 Å². The lowest BCUT2D eigenvalue weighted by Gasteiger charge is -2.41. The fourth-order valence-electron chi connectivity index (χ4n) is 4.77. The number of carbonyl (C=O) groups excluding carboxylic acids is 3. The predicted molar refractivity (Wildman–Crippen MR) is 97.9 cm³/mol. The van der Waals surface area contributed by atoms with E-state index in [9.17, 15) is 34.0 Å². The molecule has 11 heteroatoms. The van der Waals surface area contributed by atoms with E-state index in [2.05, 4.69) is 4.74 Å². The molecule has 0 radical (unpaired) electrons. The first-order valence-electron chi connectivity index (χ1n) is 9.38. The fourth-order valence-corrected chi connectivity index (χ4v) is 4.77. The van der Waals surface area contributed by atoms with E-state index >= 15 is 0 Å². The number of likely N-dealkylation sites (tertiary alicyclic amines) is 1. The molecule has 0 unspecified atom stereocenters. The summed E-state index contributed by atoms with van der Waals surface area (Å²) in [5, 5.41) is 29.8. The first-order valence-corrected chi connectivity index (χ1v) is 9.38. The minimum absolute atomic E-state index is 0.00396. The van der Waals surface area contributed by atoms with Gasteiger partial charge in [-0.3, -0.25) is 9.59 Å². The van der Waals surface area contributed by atoms with Crippen molar-refractivity contribution < 1.29 is 43.4 Å². The Morgan fingerprint density at radius 1 is 1.33 bits per heavy atom. The molecule has 0 spiro atoms. The standard InChI is InChI=1S/C19H19BFNO8/c1-29-19(27)22-17(25)11-4-9(7-23)16-10(15(11)18(22)26)6-14(30-20(16)28)8-2-3-13(24)12(21)5-8/h2-3,5,10-11,14-15,23-24,28H,4,6-7H2,1H3/t10-,11-,14-,15+/m0/s1. The number of allylic oxidation sites excluding steroid dienone is 1. The number of amides is 3. The van der Waals surface area contributed by atoms with Crippen molar-refractivity contribution in [2.75, 3.05) is 13.7 Å². The number of rotatable bonds is 2. The monoisotopic (exact) mass is 419 g/mol. The number of hydrogen-bond acceptors (Lipinski definition) is 8. The maximum Gasteiger partial charge on any atom is 0.487 e. The van der Waals surface area contributed by atoms with E-state index < -0.39 is 67.1 Å². The maximum absolute atomic E-state index is 13.8. The molecule has 2 heterocycles. The van der Waals surface area contributed by atoms with Gasteiger partial charge in [-0.2, -0.15) is 4.90 Å². The minimum atomic E-state index is -1.48. The van der Waals surface area contributed by atoms with Crippen LogP contribution in [-0.4, -0.2) is 58.9 Å². The number of aliphatic hydroxyl groups is 1. The molecule has 30 heavy (non-hydrogen) atoms. The quantitative estimate of drug-likeness (QED) is 0.471. The Labute approximate surface area is 170 Å². The van der Waals surface area contributed by atoms with Crippen LogP contribution in [0.3, 0.4) is 0 Å². The number of ether oxygens (including phenoxy) is 1. The van der Waals surface area contributed by atoms with Crippen LogP contribution in [0.5, 0.6) is 5.75 Å². The van der Waals surface area contributed by atoms with Gasteiger partial charge in [0.05, 0.1) is 31.7 Å². The van der Waals surface area contributed by atoms with E-state index in [4.69, 9.17) is 4.65 Å². The molecule has 1 aromatic carbocycles. The van der Waals surface area contributed by atoms with Crippen LogP contribution in [0.4, 0.5) is 9.18 Å². The summed E-state index contributed by atoms with van der Waals surface area (Å²) in [6.07, 6.45) is -1.81. The largest absolute Gasteiger partial charge is 0.505 e. The number of fused-ring (bicyclic) bond motifs is 3. The van der Waals surface area contributed by atoms with E-state index in [0.717, 1.165) is 19.2 Å². The molecule has 158 valence electrons. The smallest absolute Gasteiger partial charge is 0.487 e. The van der Waals surface area contributed by atoms with Crippen LogP contribution < -0.4 is 0 Å². The highest BCUT2D eigenvalue weighted by molar-refractivity contribution is 6.53. The van der Waals surface area contributed by atoms with E-state index in [1.807, 2.05) is 0 Å². The molecule has 4 atom stereocenters. The topological polar surface area (TPSA) is 134 Å². The highest BCUT2D eigenvalue weighted by Gasteiger charge is 2.59. The number of aliphatic hydroxyl groups excluding tert-OH is 1. The van der Waals surface area contributed by atoms with Crippen molar-refractivity contribution in [1.29, 1.82) is 0 Å². The molecule has 3 aliphatic rings. The molecular weight excluding hydrogens is 400 g/mol. The van der Waals surface area contributed by atoms with Crippen LogP contribution >= 0.6 is 0 Å². The Hall–Kier alpha value is -2.76. The Balaban J connectivity index is 1.74. The van der Waals surface area contributed by atoms with Gasteiger partial charge in [0.2, 0.25) is 11.8 Å². The Morgan fingerprint density at radius 3 is 2.70 bits per heavy atom. The number of aromatic hydroxyl groups is 1. The molecule has 0 saturated carbocycles. The molecule has 3 N–H and O–H groups in total. The number of benzene rings is 1. The van der Waals surface area contributed by atoms with Crippen molar-refractivity contribution in [2.24, 2.45) is 17.8 Å². The van der Waals surface area contributed by atoms with E-state index in [-0.39, 0.29) is 12.8 Å². The van der Waals surface area contributed by atoms with E-state index in [1.54, 1.807) is 0 Å². The first kappa shape index (κ1) is 20.5. The van der Waals surface area contributed by atoms with E-state index in [1.165, 1.54) is 6.07 Å². The van der Waals surface area contributed by atoms with Gasteiger partial charge in [-0.05, 0) is 47.5 Å². The summed E-state index contributed by atoms with van der Waals surface area (Å²) in [5.41, 5.74) is 1.01. The number of hydrogen-bond donors (Lipinski definition) is 3. The van der Waals surface area contributed by atoms with E-state index in [0.29, 0.717) is 21.5 Å². The molecule has 1 aliphatic carbocycles. The van der Waals surface area contributed by atoms with Gasteiger partial charge in [0.1, 0.15) is 0 Å². The van der Waals surface area contributed by atoms with Gasteiger partial charge in [-0.1, -0.05) is 6.07 Å². The highest BCUT2D eigenvalue weighted by atomic mass is 19.1. The van der Waals surface area contributed by atoms with Gasteiger partial charge in [0, 0.05) is 0 Å². The normalized spacial score (nSPS) is 28.5. The summed E-state index contributed by atoms with van der Waals surface area (Å²) >= 11 is 0. The lowest BCUT2D eigenvalue weighted by molar-refractivity contribution is -0.137. The molecule has 2 aliphatic heterocycles. The maximum atomic E-state index is 13.8. The third kappa shape index (κ3) is 3.01. The van der Waals surface area contributed by atoms with Crippen LogP contribution in [0.15, 0.2) is 29.2 Å². The Kier molecular flexibility index (Phi) is 5.12. The summed E-state index contributed by atoms with van der Waals surface area (Å²) in [4.78, 5) is 38.1. The zero-order chi connectivity index (χ0) is 21.7. The number of methoxy groups -OCH3 is 1. The van der Waals surface area contributed by atoms with Crippen molar-refractivity contribution in [1.82, 2.24) is 4.90 Å². The van der Waals surface area contributed by atoms with Gasteiger partial charge in [0.15, 0.2) is 11.6 Å². The summed E-state index contributed by atoms with van der Waals surface area (Å²) in [5.74, 6) is -5.38. The van der Waals surface area contributed by atoms with Crippen molar-refractivity contribution in [3.8, 4) is 5.75 Å². The molecule has 0 aromatic heterocycles.